The van der Waals surface area contributed by atoms with E-state index in [2.05, 4.69) is 10.3 Å². The largest absolute Gasteiger partial charge is 0.545 e. The lowest BCUT2D eigenvalue weighted by Crippen LogP contribution is -2.21. The van der Waals surface area contributed by atoms with Crippen LogP contribution in [0.1, 0.15) is 27.6 Å². The molecule has 0 fully saturated rings. The van der Waals surface area contributed by atoms with Gasteiger partial charge in [-0.1, -0.05) is 30.3 Å². The second-order valence-corrected chi connectivity index (χ2v) is 5.27. The summed E-state index contributed by atoms with van der Waals surface area (Å²) in [5.41, 5.74) is 2.31. The third kappa shape index (κ3) is 3.42. The Kier molecular flexibility index (Phi) is 4.61. The molecule has 6 heteroatoms. The molecule has 1 N–H and O–H groups in total. The van der Waals surface area contributed by atoms with Crippen LogP contribution in [0, 0.1) is 0 Å². The summed E-state index contributed by atoms with van der Waals surface area (Å²) in [7, 11) is 0. The number of benzene rings is 2. The van der Waals surface area contributed by atoms with E-state index < -0.39 is 11.9 Å². The van der Waals surface area contributed by atoms with Gasteiger partial charge in [0.2, 0.25) is 0 Å². The molecular weight excluding hydrogens is 320 g/mol. The number of aromatic nitrogens is 1. The molecule has 0 amide bonds. The number of hydrogen-bond donors (Lipinski definition) is 1. The lowest BCUT2D eigenvalue weighted by atomic mass is 10.1. The maximum atomic E-state index is 12.3. The molecular formula is C19H15N2O4-. The van der Waals surface area contributed by atoms with Crippen molar-refractivity contribution in [1.82, 2.24) is 4.98 Å². The summed E-state index contributed by atoms with van der Waals surface area (Å²) in [4.78, 5) is 27.4. The highest BCUT2D eigenvalue weighted by atomic mass is 16.5. The highest BCUT2D eigenvalue weighted by Crippen LogP contribution is 2.29. The number of carboxylic acid groups (broad SMARTS) is 1. The molecule has 1 aromatic heterocycles. The number of ether oxygens (including phenoxy) is 1. The van der Waals surface area contributed by atoms with Crippen LogP contribution in [0.5, 0.6) is 0 Å². The minimum absolute atomic E-state index is 0.0794. The smallest absolute Gasteiger partial charge is 0.341 e. The molecule has 0 atom stereocenters. The third-order valence-electron chi connectivity index (χ3n) is 3.66. The Labute approximate surface area is 144 Å². The number of aromatic carboxylic acids is 1. The quantitative estimate of drug-likeness (QED) is 0.720. The Hall–Kier alpha value is -3.41. The van der Waals surface area contributed by atoms with E-state index in [0.29, 0.717) is 16.9 Å². The summed E-state index contributed by atoms with van der Waals surface area (Å²) in [6.45, 7) is 1.99. The molecule has 25 heavy (non-hydrogen) atoms. The second-order valence-electron chi connectivity index (χ2n) is 5.27. The Morgan fingerprint density at radius 2 is 1.84 bits per heavy atom. The van der Waals surface area contributed by atoms with Crippen molar-refractivity contribution in [2.24, 2.45) is 0 Å². The first-order valence-electron chi connectivity index (χ1n) is 7.73. The van der Waals surface area contributed by atoms with Crippen LogP contribution in [0.4, 0.5) is 11.4 Å². The van der Waals surface area contributed by atoms with Crippen LogP contribution < -0.4 is 10.4 Å². The molecule has 6 nitrogen and oxygen atoms in total. The van der Waals surface area contributed by atoms with Crippen LogP contribution in [0.15, 0.2) is 54.7 Å². The molecule has 1 heterocycles. The van der Waals surface area contributed by atoms with Crippen LogP contribution in [0.25, 0.3) is 10.9 Å². The van der Waals surface area contributed by atoms with Gasteiger partial charge in [0.1, 0.15) is 5.56 Å². The molecule has 3 aromatic rings. The Bertz CT molecular complexity index is 936. The van der Waals surface area contributed by atoms with E-state index in [9.17, 15) is 14.7 Å². The molecule has 0 aliphatic rings. The fourth-order valence-electron chi connectivity index (χ4n) is 2.47. The van der Waals surface area contributed by atoms with Gasteiger partial charge in [0, 0.05) is 17.3 Å². The number of nitrogens with zero attached hydrogens (tertiary/aromatic N) is 1. The van der Waals surface area contributed by atoms with Gasteiger partial charge in [-0.2, -0.15) is 0 Å². The molecule has 0 saturated carbocycles. The van der Waals surface area contributed by atoms with Crippen LogP contribution in [0.3, 0.4) is 0 Å². The molecule has 0 saturated heterocycles. The molecule has 0 aliphatic heterocycles. The molecule has 3 rings (SSSR count). The second kappa shape index (κ2) is 7.00. The van der Waals surface area contributed by atoms with E-state index in [-0.39, 0.29) is 12.2 Å². The van der Waals surface area contributed by atoms with Crippen molar-refractivity contribution in [3.05, 3.63) is 65.9 Å². The number of fused-ring (bicyclic) bond motifs is 1. The van der Waals surface area contributed by atoms with Crippen molar-refractivity contribution < 1.29 is 19.4 Å². The first-order valence-corrected chi connectivity index (χ1v) is 7.73. The summed E-state index contributed by atoms with van der Waals surface area (Å²) >= 11 is 0. The third-order valence-corrected chi connectivity index (χ3v) is 3.66. The molecule has 0 spiro atoms. The lowest BCUT2D eigenvalue weighted by molar-refractivity contribution is -0.255. The van der Waals surface area contributed by atoms with Crippen molar-refractivity contribution in [3.63, 3.8) is 0 Å². The van der Waals surface area contributed by atoms with Gasteiger partial charge >= 0.3 is 5.97 Å². The van der Waals surface area contributed by atoms with Crippen LogP contribution in [-0.2, 0) is 4.74 Å². The Morgan fingerprint density at radius 3 is 2.52 bits per heavy atom. The predicted octanol–water partition coefficient (Wildman–Crippen LogP) is 2.52. The zero-order valence-electron chi connectivity index (χ0n) is 13.5. The standard InChI is InChI=1S/C19H16N2O4/c1-2-25-19(24)15-11-20-16-6-4-3-5-14(16)17(15)21-13-9-7-12(8-10-13)18(22)23/h3-11H,2H2,1H3,(H,20,21)(H,22,23)/p-1. The van der Waals surface area contributed by atoms with E-state index in [1.807, 2.05) is 24.3 Å². The number of pyridine rings is 1. The maximum absolute atomic E-state index is 12.3. The predicted molar refractivity (Wildman–Crippen MR) is 91.8 cm³/mol. The lowest BCUT2D eigenvalue weighted by Gasteiger charge is -2.14. The van der Waals surface area contributed by atoms with Gasteiger partial charge in [-0.05, 0) is 30.7 Å². The minimum atomic E-state index is -1.24. The summed E-state index contributed by atoms with van der Waals surface area (Å²) in [5.74, 6) is -1.72. The van der Waals surface area contributed by atoms with E-state index in [4.69, 9.17) is 4.74 Å². The van der Waals surface area contributed by atoms with Gasteiger partial charge in [0.05, 0.1) is 23.8 Å². The van der Waals surface area contributed by atoms with Gasteiger partial charge < -0.3 is 20.0 Å². The summed E-state index contributed by atoms with van der Waals surface area (Å²) in [6.07, 6.45) is 1.47. The normalized spacial score (nSPS) is 10.4. The minimum Gasteiger partial charge on any atom is -0.545 e. The van der Waals surface area contributed by atoms with E-state index in [1.54, 1.807) is 19.1 Å². The van der Waals surface area contributed by atoms with Crippen LogP contribution in [0.2, 0.25) is 0 Å². The average molecular weight is 335 g/mol. The topological polar surface area (TPSA) is 91.3 Å². The molecule has 0 bridgehead atoms. The van der Waals surface area contributed by atoms with Gasteiger partial charge in [-0.3, -0.25) is 4.98 Å². The Balaban J connectivity index is 2.07. The summed E-state index contributed by atoms with van der Waals surface area (Å²) in [6, 6.07) is 13.5. The number of para-hydroxylation sites is 1. The van der Waals surface area contributed by atoms with Gasteiger partial charge in [-0.25, -0.2) is 4.79 Å². The monoisotopic (exact) mass is 335 g/mol. The number of rotatable bonds is 5. The molecule has 2 aromatic carbocycles. The number of carbonyl (C=O) groups excluding carboxylic acids is 2. The zero-order chi connectivity index (χ0) is 17.8. The number of nitrogens with one attached hydrogen (secondary N) is 1. The zero-order valence-corrected chi connectivity index (χ0v) is 13.5. The van der Waals surface area contributed by atoms with Crippen LogP contribution >= 0.6 is 0 Å². The van der Waals surface area contributed by atoms with Crippen molar-refractivity contribution in [3.8, 4) is 0 Å². The number of carbonyl (C=O) groups is 2. The fourth-order valence-corrected chi connectivity index (χ4v) is 2.47. The average Bonchev–Trinajstić information content (AvgIpc) is 2.62. The highest BCUT2D eigenvalue weighted by molar-refractivity contribution is 6.06. The summed E-state index contributed by atoms with van der Waals surface area (Å²) in [5, 5.41) is 14.8. The van der Waals surface area contributed by atoms with Crippen molar-refractivity contribution in [2.45, 2.75) is 6.92 Å². The molecule has 126 valence electrons. The van der Waals surface area contributed by atoms with Crippen molar-refractivity contribution in [1.29, 1.82) is 0 Å². The SMILES string of the molecule is CCOC(=O)c1cnc2ccccc2c1Nc1ccc(C(=O)[O-])cc1. The van der Waals surface area contributed by atoms with Gasteiger partial charge in [0.15, 0.2) is 0 Å². The first-order chi connectivity index (χ1) is 12.1. The number of esters is 1. The van der Waals surface area contributed by atoms with Crippen molar-refractivity contribution in [2.75, 3.05) is 11.9 Å². The molecule has 0 radical (unpaired) electrons. The van der Waals surface area contributed by atoms with E-state index >= 15 is 0 Å². The molecule has 0 aliphatic carbocycles. The number of carboxylic acids is 1. The number of anilines is 2. The molecule has 0 unspecified atom stereocenters. The maximum Gasteiger partial charge on any atom is 0.341 e. The van der Waals surface area contributed by atoms with Crippen molar-refractivity contribution >= 4 is 34.2 Å². The highest BCUT2D eigenvalue weighted by Gasteiger charge is 2.16. The fraction of sp³-hybridized carbons (Fsp3) is 0.105. The van der Waals surface area contributed by atoms with Crippen LogP contribution in [-0.4, -0.2) is 23.5 Å². The number of hydrogen-bond acceptors (Lipinski definition) is 6. The summed E-state index contributed by atoms with van der Waals surface area (Å²) < 4.78 is 5.10. The van der Waals surface area contributed by atoms with E-state index in [1.165, 1.54) is 18.3 Å². The van der Waals surface area contributed by atoms with E-state index in [0.717, 1.165) is 10.9 Å². The van der Waals surface area contributed by atoms with Gasteiger partial charge in [-0.15, -0.1) is 0 Å². The Morgan fingerprint density at radius 1 is 1.12 bits per heavy atom. The van der Waals surface area contributed by atoms with Gasteiger partial charge in [0.25, 0.3) is 0 Å². The first kappa shape index (κ1) is 16.4.